The van der Waals surface area contributed by atoms with Crippen LogP contribution in [0.5, 0.6) is 0 Å². The Bertz CT molecular complexity index is 569. The topological polar surface area (TPSA) is 51.4 Å². The van der Waals surface area contributed by atoms with Gasteiger partial charge in [-0.15, -0.1) is 0 Å². The zero-order valence-electron chi connectivity index (χ0n) is 12.5. The second-order valence-corrected chi connectivity index (χ2v) is 5.27. The number of rotatable bonds is 6. The number of benzene rings is 1. The van der Waals surface area contributed by atoms with Crippen LogP contribution in [0.15, 0.2) is 30.5 Å². The molecule has 0 bridgehead atoms. The maximum Gasteiger partial charge on any atom is 0.0767 e. The molecule has 0 fully saturated rings. The van der Waals surface area contributed by atoms with Gasteiger partial charge < -0.3 is 10.5 Å². The molecule has 2 N–H and O–H groups in total. The minimum Gasteiger partial charge on any atom is -0.398 e. The summed E-state index contributed by atoms with van der Waals surface area (Å²) in [4.78, 5) is 6.87. The first-order valence-electron chi connectivity index (χ1n) is 6.98. The SMILES string of the molecule is COCCN(Cc1ccc(N)c2cccnc12)C(C)C. The Balaban J connectivity index is 2.30. The second-order valence-electron chi connectivity index (χ2n) is 5.27. The molecule has 1 aromatic heterocycles. The lowest BCUT2D eigenvalue weighted by Crippen LogP contribution is -2.33. The summed E-state index contributed by atoms with van der Waals surface area (Å²) >= 11 is 0. The summed E-state index contributed by atoms with van der Waals surface area (Å²) < 4.78 is 5.19. The fraction of sp³-hybridized carbons (Fsp3) is 0.438. The Morgan fingerprint density at radius 1 is 1.30 bits per heavy atom. The maximum atomic E-state index is 6.02. The Hall–Kier alpha value is -1.65. The van der Waals surface area contributed by atoms with E-state index in [-0.39, 0.29) is 0 Å². The number of methoxy groups -OCH3 is 1. The molecule has 1 heterocycles. The summed E-state index contributed by atoms with van der Waals surface area (Å²) in [5.41, 5.74) is 9.01. The van der Waals surface area contributed by atoms with E-state index in [1.165, 1.54) is 5.56 Å². The molecule has 0 radical (unpaired) electrons. The lowest BCUT2D eigenvalue weighted by molar-refractivity contribution is 0.125. The van der Waals surface area contributed by atoms with E-state index in [2.05, 4.69) is 29.8 Å². The fourth-order valence-electron chi connectivity index (χ4n) is 2.33. The van der Waals surface area contributed by atoms with Crippen molar-refractivity contribution in [2.75, 3.05) is 26.0 Å². The molecule has 2 aromatic rings. The fourth-order valence-corrected chi connectivity index (χ4v) is 2.33. The van der Waals surface area contributed by atoms with E-state index in [1.807, 2.05) is 24.4 Å². The first-order valence-corrected chi connectivity index (χ1v) is 6.98. The number of fused-ring (bicyclic) bond motifs is 1. The van der Waals surface area contributed by atoms with Gasteiger partial charge in [0.15, 0.2) is 0 Å². The van der Waals surface area contributed by atoms with Crippen LogP contribution in [0.1, 0.15) is 19.4 Å². The molecule has 0 atom stereocenters. The van der Waals surface area contributed by atoms with E-state index in [9.17, 15) is 0 Å². The van der Waals surface area contributed by atoms with Gasteiger partial charge in [-0.3, -0.25) is 9.88 Å². The highest BCUT2D eigenvalue weighted by Crippen LogP contribution is 2.24. The summed E-state index contributed by atoms with van der Waals surface area (Å²) in [6, 6.07) is 8.45. The van der Waals surface area contributed by atoms with Crippen LogP contribution < -0.4 is 5.73 Å². The molecule has 4 nitrogen and oxygen atoms in total. The zero-order valence-corrected chi connectivity index (χ0v) is 12.5. The zero-order chi connectivity index (χ0) is 14.5. The van der Waals surface area contributed by atoms with Crippen molar-refractivity contribution in [2.24, 2.45) is 0 Å². The highest BCUT2D eigenvalue weighted by atomic mass is 16.5. The molecule has 0 amide bonds. The van der Waals surface area contributed by atoms with E-state index in [1.54, 1.807) is 7.11 Å². The number of aromatic nitrogens is 1. The molecular formula is C16H23N3O. The lowest BCUT2D eigenvalue weighted by Gasteiger charge is -2.26. The number of hydrogen-bond acceptors (Lipinski definition) is 4. The molecule has 20 heavy (non-hydrogen) atoms. The average Bonchev–Trinajstić information content (AvgIpc) is 2.45. The smallest absolute Gasteiger partial charge is 0.0767 e. The largest absolute Gasteiger partial charge is 0.398 e. The molecule has 0 saturated heterocycles. The summed E-state index contributed by atoms with van der Waals surface area (Å²) in [6.07, 6.45) is 1.82. The van der Waals surface area contributed by atoms with Gasteiger partial charge in [0, 0.05) is 43.5 Å². The normalized spacial score (nSPS) is 11.7. The van der Waals surface area contributed by atoms with Crippen LogP contribution in [0.4, 0.5) is 5.69 Å². The van der Waals surface area contributed by atoms with E-state index < -0.39 is 0 Å². The van der Waals surface area contributed by atoms with Crippen molar-refractivity contribution in [2.45, 2.75) is 26.4 Å². The van der Waals surface area contributed by atoms with Gasteiger partial charge in [0.1, 0.15) is 0 Å². The summed E-state index contributed by atoms with van der Waals surface area (Å²) in [5.74, 6) is 0. The number of nitrogen functional groups attached to an aromatic ring is 1. The number of pyridine rings is 1. The predicted octanol–water partition coefficient (Wildman–Crippen LogP) is 2.67. The average molecular weight is 273 g/mol. The molecule has 0 aliphatic heterocycles. The summed E-state index contributed by atoms with van der Waals surface area (Å²) in [6.45, 7) is 6.89. The first kappa shape index (κ1) is 14.8. The minimum absolute atomic E-state index is 0.460. The number of ether oxygens (including phenoxy) is 1. The summed E-state index contributed by atoms with van der Waals surface area (Å²) in [5, 5.41) is 1.03. The molecule has 0 saturated carbocycles. The highest BCUT2D eigenvalue weighted by molar-refractivity contribution is 5.92. The standard InChI is InChI=1S/C16H23N3O/c1-12(2)19(9-10-20-3)11-13-6-7-15(17)14-5-4-8-18-16(13)14/h4-8,12H,9-11,17H2,1-3H3. The van der Waals surface area contributed by atoms with Crippen LogP contribution >= 0.6 is 0 Å². The molecule has 0 unspecified atom stereocenters. The van der Waals surface area contributed by atoms with Crippen LogP contribution in [0, 0.1) is 0 Å². The van der Waals surface area contributed by atoms with E-state index in [0.29, 0.717) is 6.04 Å². The highest BCUT2D eigenvalue weighted by Gasteiger charge is 2.13. The number of nitrogens with zero attached hydrogens (tertiary/aromatic N) is 2. The Kier molecular flexibility index (Phi) is 4.93. The van der Waals surface area contributed by atoms with Crippen LogP contribution in [-0.4, -0.2) is 36.2 Å². The van der Waals surface area contributed by atoms with Crippen LogP contribution in [-0.2, 0) is 11.3 Å². The maximum absolute atomic E-state index is 6.02. The third kappa shape index (κ3) is 3.26. The van der Waals surface area contributed by atoms with Crippen molar-refractivity contribution in [1.82, 2.24) is 9.88 Å². The van der Waals surface area contributed by atoms with Gasteiger partial charge in [-0.05, 0) is 37.6 Å². The minimum atomic E-state index is 0.460. The van der Waals surface area contributed by atoms with Gasteiger partial charge in [-0.25, -0.2) is 0 Å². The molecule has 0 aliphatic rings. The molecular weight excluding hydrogens is 250 g/mol. The van der Waals surface area contributed by atoms with Crippen molar-refractivity contribution < 1.29 is 4.74 Å². The Morgan fingerprint density at radius 3 is 2.80 bits per heavy atom. The Labute approximate surface area is 120 Å². The van der Waals surface area contributed by atoms with Crippen LogP contribution in [0.3, 0.4) is 0 Å². The second kappa shape index (κ2) is 6.68. The van der Waals surface area contributed by atoms with Crippen LogP contribution in [0.25, 0.3) is 10.9 Å². The van der Waals surface area contributed by atoms with Crippen molar-refractivity contribution in [3.8, 4) is 0 Å². The van der Waals surface area contributed by atoms with Crippen molar-refractivity contribution in [1.29, 1.82) is 0 Å². The predicted molar refractivity (Wildman–Crippen MR) is 83.6 cm³/mol. The first-order chi connectivity index (χ1) is 9.63. The molecule has 0 aliphatic carbocycles. The number of anilines is 1. The van der Waals surface area contributed by atoms with E-state index in [4.69, 9.17) is 10.5 Å². The molecule has 108 valence electrons. The third-order valence-corrected chi connectivity index (χ3v) is 3.57. The van der Waals surface area contributed by atoms with Gasteiger partial charge in [0.25, 0.3) is 0 Å². The van der Waals surface area contributed by atoms with Gasteiger partial charge in [-0.1, -0.05) is 6.07 Å². The molecule has 0 spiro atoms. The lowest BCUT2D eigenvalue weighted by atomic mass is 10.1. The van der Waals surface area contributed by atoms with Crippen molar-refractivity contribution in [3.05, 3.63) is 36.0 Å². The third-order valence-electron chi connectivity index (χ3n) is 3.57. The van der Waals surface area contributed by atoms with Crippen molar-refractivity contribution >= 4 is 16.6 Å². The van der Waals surface area contributed by atoms with Gasteiger partial charge in [-0.2, -0.15) is 0 Å². The van der Waals surface area contributed by atoms with E-state index in [0.717, 1.165) is 36.3 Å². The molecule has 4 heteroatoms. The van der Waals surface area contributed by atoms with Gasteiger partial charge in [0.2, 0.25) is 0 Å². The summed E-state index contributed by atoms with van der Waals surface area (Å²) in [7, 11) is 1.73. The molecule has 2 rings (SSSR count). The molecule has 1 aromatic carbocycles. The van der Waals surface area contributed by atoms with Gasteiger partial charge in [0.05, 0.1) is 12.1 Å². The van der Waals surface area contributed by atoms with E-state index >= 15 is 0 Å². The van der Waals surface area contributed by atoms with Gasteiger partial charge >= 0.3 is 0 Å². The Morgan fingerprint density at radius 2 is 2.10 bits per heavy atom. The number of hydrogen-bond donors (Lipinski definition) is 1. The number of nitrogens with two attached hydrogens (primary N) is 1. The van der Waals surface area contributed by atoms with Crippen LogP contribution in [0.2, 0.25) is 0 Å². The van der Waals surface area contributed by atoms with Crippen molar-refractivity contribution in [3.63, 3.8) is 0 Å². The monoisotopic (exact) mass is 273 g/mol. The quantitative estimate of drug-likeness (QED) is 0.822.